The topological polar surface area (TPSA) is 27.0 Å². The van der Waals surface area contributed by atoms with E-state index in [2.05, 4.69) is 44.0 Å². The Hall–Kier alpha value is -1.14. The van der Waals surface area contributed by atoms with Crippen LogP contribution in [0, 0.1) is 25.2 Å². The van der Waals surface area contributed by atoms with Gasteiger partial charge in [-0.3, -0.25) is 0 Å². The first-order valence-corrected chi connectivity index (χ1v) is 6.96. The minimum atomic E-state index is 0.493. The lowest BCUT2D eigenvalue weighted by atomic mass is 10.0. The molecule has 3 heteroatoms. The van der Waals surface area contributed by atoms with Crippen LogP contribution in [0.5, 0.6) is 0 Å². The fraction of sp³-hybridized carbons (Fsp3) is 0.500. The summed E-state index contributed by atoms with van der Waals surface area (Å²) in [5.41, 5.74) is 4.08. The Labute approximate surface area is 108 Å². The molecule has 1 heterocycles. The Morgan fingerprint density at radius 1 is 1.47 bits per heavy atom. The highest BCUT2D eigenvalue weighted by atomic mass is 32.2. The van der Waals surface area contributed by atoms with Crippen LogP contribution in [0.25, 0.3) is 0 Å². The standard InChI is InChI=1S/C14H18N2S/c1-10-6-7-13-14(11(10)2)16(3)12(9-17-13)5-4-8-15/h6-7,12H,4-5,9H2,1-3H3. The first-order chi connectivity index (χ1) is 8.15. The maximum atomic E-state index is 8.70. The Bertz CT molecular complexity index is 462. The van der Waals surface area contributed by atoms with E-state index in [1.807, 2.05) is 11.8 Å². The van der Waals surface area contributed by atoms with Crippen LogP contribution < -0.4 is 4.90 Å². The van der Waals surface area contributed by atoms with E-state index in [0.717, 1.165) is 12.2 Å². The zero-order valence-electron chi connectivity index (χ0n) is 10.7. The van der Waals surface area contributed by atoms with Gasteiger partial charge in [0.15, 0.2) is 0 Å². The highest BCUT2D eigenvalue weighted by Gasteiger charge is 2.25. The molecule has 1 aromatic carbocycles. The highest BCUT2D eigenvalue weighted by Crippen LogP contribution is 2.40. The van der Waals surface area contributed by atoms with Crippen molar-refractivity contribution in [3.05, 3.63) is 23.3 Å². The Morgan fingerprint density at radius 3 is 2.94 bits per heavy atom. The van der Waals surface area contributed by atoms with Crippen molar-refractivity contribution in [1.82, 2.24) is 0 Å². The third-order valence-electron chi connectivity index (χ3n) is 3.59. The van der Waals surface area contributed by atoms with E-state index in [1.54, 1.807) is 0 Å². The van der Waals surface area contributed by atoms with E-state index in [1.165, 1.54) is 21.7 Å². The predicted molar refractivity (Wildman–Crippen MR) is 73.7 cm³/mol. The second-order valence-corrected chi connectivity index (χ2v) is 5.69. The Balaban J connectivity index is 2.31. The van der Waals surface area contributed by atoms with Gasteiger partial charge < -0.3 is 4.90 Å². The van der Waals surface area contributed by atoms with E-state index in [4.69, 9.17) is 5.26 Å². The molecule has 1 aliphatic heterocycles. The molecular weight excluding hydrogens is 228 g/mol. The van der Waals surface area contributed by atoms with Gasteiger partial charge in [0, 0.05) is 30.2 Å². The summed E-state index contributed by atoms with van der Waals surface area (Å²) in [6, 6.07) is 7.16. The van der Waals surface area contributed by atoms with Crippen LogP contribution in [0.3, 0.4) is 0 Å². The van der Waals surface area contributed by atoms with Crippen LogP contribution in [0.1, 0.15) is 24.0 Å². The van der Waals surface area contributed by atoms with E-state index in [0.29, 0.717) is 12.5 Å². The van der Waals surface area contributed by atoms with E-state index >= 15 is 0 Å². The minimum absolute atomic E-state index is 0.493. The summed E-state index contributed by atoms with van der Waals surface area (Å²) >= 11 is 1.92. The van der Waals surface area contributed by atoms with Gasteiger partial charge in [0.25, 0.3) is 0 Å². The monoisotopic (exact) mass is 246 g/mol. The molecule has 0 bridgehead atoms. The lowest BCUT2D eigenvalue weighted by molar-refractivity contribution is 0.634. The van der Waals surface area contributed by atoms with Gasteiger partial charge in [-0.2, -0.15) is 5.26 Å². The smallest absolute Gasteiger partial charge is 0.0622 e. The average Bonchev–Trinajstić information content (AvgIpc) is 2.33. The molecule has 17 heavy (non-hydrogen) atoms. The zero-order valence-corrected chi connectivity index (χ0v) is 11.5. The number of thioether (sulfide) groups is 1. The number of nitrogens with zero attached hydrogens (tertiary/aromatic N) is 2. The van der Waals surface area contributed by atoms with Crippen molar-refractivity contribution in [2.24, 2.45) is 0 Å². The molecule has 1 atom stereocenters. The molecule has 1 aliphatic rings. The van der Waals surface area contributed by atoms with Crippen molar-refractivity contribution in [2.45, 2.75) is 37.6 Å². The largest absolute Gasteiger partial charge is 0.370 e. The van der Waals surface area contributed by atoms with Gasteiger partial charge in [-0.05, 0) is 37.5 Å². The summed E-state index contributed by atoms with van der Waals surface area (Å²) in [4.78, 5) is 3.75. The van der Waals surface area contributed by atoms with E-state index in [9.17, 15) is 0 Å². The van der Waals surface area contributed by atoms with Crippen LogP contribution in [0.4, 0.5) is 5.69 Å². The third kappa shape index (κ3) is 2.28. The molecule has 2 nitrogen and oxygen atoms in total. The van der Waals surface area contributed by atoms with Gasteiger partial charge >= 0.3 is 0 Å². The fourth-order valence-electron chi connectivity index (χ4n) is 2.32. The van der Waals surface area contributed by atoms with Crippen molar-refractivity contribution < 1.29 is 0 Å². The maximum absolute atomic E-state index is 8.70. The van der Waals surface area contributed by atoms with Crippen LogP contribution >= 0.6 is 11.8 Å². The van der Waals surface area contributed by atoms with Crippen molar-refractivity contribution >= 4 is 17.4 Å². The Morgan fingerprint density at radius 2 is 2.24 bits per heavy atom. The molecule has 90 valence electrons. The number of rotatable bonds is 2. The normalized spacial score (nSPS) is 18.7. The quantitative estimate of drug-likeness (QED) is 0.799. The van der Waals surface area contributed by atoms with Gasteiger partial charge in [0.1, 0.15) is 0 Å². The summed E-state index contributed by atoms with van der Waals surface area (Å²) in [5.74, 6) is 1.09. The molecule has 1 unspecified atom stereocenters. The molecule has 0 saturated carbocycles. The number of aryl methyl sites for hydroxylation is 1. The number of benzene rings is 1. The third-order valence-corrected chi connectivity index (χ3v) is 4.78. The first kappa shape index (κ1) is 12.3. The van der Waals surface area contributed by atoms with Crippen molar-refractivity contribution in [1.29, 1.82) is 5.26 Å². The van der Waals surface area contributed by atoms with Gasteiger partial charge in [0.2, 0.25) is 0 Å². The van der Waals surface area contributed by atoms with E-state index in [-0.39, 0.29) is 0 Å². The molecule has 0 aromatic heterocycles. The summed E-state index contributed by atoms with van der Waals surface area (Å²) in [6.45, 7) is 4.35. The van der Waals surface area contributed by atoms with E-state index < -0.39 is 0 Å². The molecular formula is C14H18N2S. The lowest BCUT2D eigenvalue weighted by Crippen LogP contribution is -2.37. The molecule has 0 radical (unpaired) electrons. The highest BCUT2D eigenvalue weighted by molar-refractivity contribution is 7.99. The SMILES string of the molecule is Cc1ccc2c(c1C)N(C)C(CCC#N)CS2. The zero-order chi connectivity index (χ0) is 12.4. The summed E-state index contributed by atoms with van der Waals surface area (Å²) in [5, 5.41) is 8.70. The summed E-state index contributed by atoms with van der Waals surface area (Å²) < 4.78 is 0. The second-order valence-electron chi connectivity index (χ2n) is 4.63. The Kier molecular flexibility index (Phi) is 3.63. The molecule has 0 N–H and O–H groups in total. The molecule has 0 fully saturated rings. The molecule has 1 aromatic rings. The summed E-state index contributed by atoms with van der Waals surface area (Å²) in [7, 11) is 2.16. The van der Waals surface area contributed by atoms with Crippen LogP contribution in [-0.4, -0.2) is 18.8 Å². The van der Waals surface area contributed by atoms with Crippen LogP contribution in [0.15, 0.2) is 17.0 Å². The second kappa shape index (κ2) is 5.01. The number of fused-ring (bicyclic) bond motifs is 1. The molecule has 0 amide bonds. The average molecular weight is 246 g/mol. The lowest BCUT2D eigenvalue weighted by Gasteiger charge is -2.37. The molecule has 0 aliphatic carbocycles. The number of nitriles is 1. The predicted octanol–water partition coefficient (Wildman–Crippen LogP) is 3.52. The van der Waals surface area contributed by atoms with Gasteiger partial charge in [-0.25, -0.2) is 0 Å². The fourth-order valence-corrected chi connectivity index (χ4v) is 3.68. The van der Waals surface area contributed by atoms with Crippen molar-refractivity contribution in [3.8, 4) is 6.07 Å². The molecule has 0 saturated heterocycles. The number of hydrogen-bond donors (Lipinski definition) is 0. The van der Waals surface area contributed by atoms with Crippen LogP contribution in [0.2, 0.25) is 0 Å². The van der Waals surface area contributed by atoms with Crippen LogP contribution in [-0.2, 0) is 0 Å². The van der Waals surface area contributed by atoms with Gasteiger partial charge in [-0.15, -0.1) is 11.8 Å². The molecule has 2 rings (SSSR count). The summed E-state index contributed by atoms with van der Waals surface area (Å²) in [6.07, 6.45) is 1.61. The minimum Gasteiger partial charge on any atom is -0.370 e. The first-order valence-electron chi connectivity index (χ1n) is 5.98. The van der Waals surface area contributed by atoms with Gasteiger partial charge in [0.05, 0.1) is 11.8 Å². The number of anilines is 1. The van der Waals surface area contributed by atoms with Gasteiger partial charge in [-0.1, -0.05) is 6.07 Å². The number of hydrogen-bond acceptors (Lipinski definition) is 3. The van der Waals surface area contributed by atoms with Crippen molar-refractivity contribution in [2.75, 3.05) is 17.7 Å². The van der Waals surface area contributed by atoms with Crippen molar-refractivity contribution in [3.63, 3.8) is 0 Å². The molecule has 0 spiro atoms. The maximum Gasteiger partial charge on any atom is 0.0622 e.